The number of amides is 1. The Morgan fingerprint density at radius 2 is 1.91 bits per heavy atom. The molecule has 2 aromatic carbocycles. The highest BCUT2D eigenvalue weighted by Gasteiger charge is 2.22. The van der Waals surface area contributed by atoms with Crippen LogP contribution < -0.4 is 9.64 Å². The molecule has 0 spiro atoms. The lowest BCUT2D eigenvalue weighted by Crippen LogP contribution is -2.35. The van der Waals surface area contributed by atoms with E-state index < -0.39 is 0 Å². The molecule has 6 nitrogen and oxygen atoms in total. The first kappa shape index (κ1) is 23.0. The van der Waals surface area contributed by atoms with Crippen molar-refractivity contribution < 1.29 is 9.53 Å². The van der Waals surface area contributed by atoms with Crippen LogP contribution in [0.1, 0.15) is 35.0 Å². The summed E-state index contributed by atoms with van der Waals surface area (Å²) in [6, 6.07) is 14.2. The van der Waals surface area contributed by atoms with Crippen LogP contribution in [0.3, 0.4) is 0 Å². The molecular formula is C26H30N4O2S. The van der Waals surface area contributed by atoms with E-state index >= 15 is 0 Å². The Hall–Kier alpha value is -3.19. The van der Waals surface area contributed by atoms with E-state index in [4.69, 9.17) is 9.72 Å². The topological polar surface area (TPSA) is 60.2 Å². The Balaban J connectivity index is 1.66. The predicted octanol–water partition coefficient (Wildman–Crippen LogP) is 5.40. The summed E-state index contributed by atoms with van der Waals surface area (Å²) in [7, 11) is 0. The second-order valence-electron chi connectivity index (χ2n) is 8.32. The van der Waals surface area contributed by atoms with Crippen LogP contribution in [-0.2, 0) is 17.8 Å². The van der Waals surface area contributed by atoms with Gasteiger partial charge in [0.1, 0.15) is 11.3 Å². The summed E-state index contributed by atoms with van der Waals surface area (Å²) < 4.78 is 8.72. The normalized spacial score (nSPS) is 11.2. The Morgan fingerprint density at radius 3 is 2.61 bits per heavy atom. The van der Waals surface area contributed by atoms with Crippen molar-refractivity contribution in [2.24, 2.45) is 0 Å². The van der Waals surface area contributed by atoms with Crippen molar-refractivity contribution in [1.29, 1.82) is 0 Å². The zero-order valence-corrected chi connectivity index (χ0v) is 20.7. The molecule has 172 valence electrons. The standard InChI is InChI=1S/C26H30N4O2S/c1-6-32-22-8-7-9-23-25(22)27-26(33-23)29(12-13-30-20(5)15-19(4)28-30)24(31)16-21-11-10-17(2)18(3)14-21/h7-11,14-15H,6,12-13,16H2,1-5H3. The van der Waals surface area contributed by atoms with Gasteiger partial charge in [-0.1, -0.05) is 35.6 Å². The maximum atomic E-state index is 13.5. The number of hydrogen-bond donors (Lipinski definition) is 0. The first-order valence-electron chi connectivity index (χ1n) is 11.3. The fraction of sp³-hybridized carbons (Fsp3) is 0.346. The zero-order valence-electron chi connectivity index (χ0n) is 19.9. The molecular weight excluding hydrogens is 432 g/mol. The van der Waals surface area contributed by atoms with E-state index in [1.807, 2.05) is 55.8 Å². The third-order valence-electron chi connectivity index (χ3n) is 5.77. The van der Waals surface area contributed by atoms with Crippen LogP contribution in [-0.4, -0.2) is 33.8 Å². The number of anilines is 1. The van der Waals surface area contributed by atoms with Crippen molar-refractivity contribution in [3.8, 4) is 5.75 Å². The molecule has 0 atom stereocenters. The lowest BCUT2D eigenvalue weighted by molar-refractivity contribution is -0.118. The number of fused-ring (bicyclic) bond motifs is 1. The van der Waals surface area contributed by atoms with Crippen molar-refractivity contribution in [2.45, 2.75) is 47.6 Å². The number of hydrogen-bond acceptors (Lipinski definition) is 5. The van der Waals surface area contributed by atoms with E-state index in [-0.39, 0.29) is 5.91 Å². The van der Waals surface area contributed by atoms with E-state index in [2.05, 4.69) is 31.1 Å². The summed E-state index contributed by atoms with van der Waals surface area (Å²) in [6.45, 7) is 11.8. The van der Waals surface area contributed by atoms with E-state index in [9.17, 15) is 4.79 Å². The number of rotatable bonds is 8. The summed E-state index contributed by atoms with van der Waals surface area (Å²) >= 11 is 1.52. The zero-order chi connectivity index (χ0) is 23.5. The molecule has 0 N–H and O–H groups in total. The first-order chi connectivity index (χ1) is 15.9. The number of aromatic nitrogens is 3. The van der Waals surface area contributed by atoms with Gasteiger partial charge in [-0.15, -0.1) is 0 Å². The van der Waals surface area contributed by atoms with E-state index in [1.165, 1.54) is 22.5 Å². The summed E-state index contributed by atoms with van der Waals surface area (Å²) in [5.74, 6) is 0.773. The van der Waals surface area contributed by atoms with Gasteiger partial charge in [-0.2, -0.15) is 5.10 Å². The van der Waals surface area contributed by atoms with Gasteiger partial charge in [0.25, 0.3) is 0 Å². The molecule has 0 unspecified atom stereocenters. The number of carbonyl (C=O) groups excluding carboxylic acids is 1. The Morgan fingerprint density at radius 1 is 1.09 bits per heavy atom. The van der Waals surface area contributed by atoms with Crippen molar-refractivity contribution in [2.75, 3.05) is 18.1 Å². The van der Waals surface area contributed by atoms with Crippen LogP contribution in [0.15, 0.2) is 42.5 Å². The molecule has 4 rings (SSSR count). The maximum Gasteiger partial charge on any atom is 0.233 e. The van der Waals surface area contributed by atoms with E-state index in [0.29, 0.717) is 31.2 Å². The minimum atomic E-state index is 0.0248. The number of carbonyl (C=O) groups is 1. The molecule has 7 heteroatoms. The van der Waals surface area contributed by atoms with Gasteiger partial charge in [-0.05, 0) is 69.5 Å². The Kier molecular flexibility index (Phi) is 6.79. The number of nitrogens with zero attached hydrogens (tertiary/aromatic N) is 4. The first-order valence-corrected chi connectivity index (χ1v) is 12.1. The van der Waals surface area contributed by atoms with Gasteiger partial charge in [0, 0.05) is 12.2 Å². The quantitative estimate of drug-likeness (QED) is 0.352. The fourth-order valence-electron chi connectivity index (χ4n) is 3.91. The number of ether oxygens (including phenoxy) is 1. The van der Waals surface area contributed by atoms with Crippen LogP contribution in [0.2, 0.25) is 0 Å². The molecule has 0 aliphatic heterocycles. The minimum Gasteiger partial charge on any atom is -0.492 e. The lowest BCUT2D eigenvalue weighted by atomic mass is 10.0. The van der Waals surface area contributed by atoms with Crippen LogP contribution in [0, 0.1) is 27.7 Å². The number of para-hydroxylation sites is 1. The molecule has 1 amide bonds. The molecule has 0 bridgehead atoms. The van der Waals surface area contributed by atoms with Crippen LogP contribution in [0.25, 0.3) is 10.2 Å². The third kappa shape index (κ3) is 5.09. The average Bonchev–Trinajstić information content (AvgIpc) is 3.34. The molecule has 2 heterocycles. The molecule has 0 aliphatic rings. The van der Waals surface area contributed by atoms with Crippen molar-refractivity contribution in [3.63, 3.8) is 0 Å². The third-order valence-corrected chi connectivity index (χ3v) is 6.81. The molecule has 0 aliphatic carbocycles. The van der Waals surface area contributed by atoms with E-state index in [1.54, 1.807) is 4.90 Å². The number of benzene rings is 2. The van der Waals surface area contributed by atoms with E-state index in [0.717, 1.165) is 32.9 Å². The summed E-state index contributed by atoms with van der Waals surface area (Å²) in [5.41, 5.74) is 6.28. The lowest BCUT2D eigenvalue weighted by Gasteiger charge is -2.20. The Bertz CT molecular complexity index is 1290. The van der Waals surface area contributed by atoms with Crippen molar-refractivity contribution in [1.82, 2.24) is 14.8 Å². The maximum absolute atomic E-state index is 13.5. The highest BCUT2D eigenvalue weighted by atomic mass is 32.1. The number of aryl methyl sites for hydroxylation is 4. The van der Waals surface area contributed by atoms with Crippen LogP contribution in [0.5, 0.6) is 5.75 Å². The van der Waals surface area contributed by atoms with Gasteiger partial charge < -0.3 is 4.74 Å². The smallest absolute Gasteiger partial charge is 0.233 e. The second-order valence-corrected chi connectivity index (χ2v) is 9.33. The molecule has 0 saturated heterocycles. The number of thiazole rings is 1. The predicted molar refractivity (Wildman–Crippen MR) is 134 cm³/mol. The molecule has 0 saturated carbocycles. The van der Waals surface area contributed by atoms with Gasteiger partial charge >= 0.3 is 0 Å². The Labute approximate surface area is 198 Å². The van der Waals surface area contributed by atoms with Gasteiger partial charge in [-0.25, -0.2) is 4.98 Å². The average molecular weight is 463 g/mol. The van der Waals surface area contributed by atoms with Gasteiger partial charge in [-0.3, -0.25) is 14.4 Å². The van der Waals surface area contributed by atoms with Crippen molar-refractivity contribution in [3.05, 3.63) is 70.5 Å². The highest BCUT2D eigenvalue weighted by molar-refractivity contribution is 7.22. The summed E-state index contributed by atoms with van der Waals surface area (Å²) in [4.78, 5) is 20.2. The van der Waals surface area contributed by atoms with Crippen LogP contribution >= 0.6 is 11.3 Å². The SMILES string of the molecule is CCOc1cccc2sc(N(CCn3nc(C)cc3C)C(=O)Cc3ccc(C)c(C)c3)nc12. The van der Waals surface area contributed by atoms with Gasteiger partial charge in [0.05, 0.1) is 30.0 Å². The minimum absolute atomic E-state index is 0.0248. The summed E-state index contributed by atoms with van der Waals surface area (Å²) in [5, 5.41) is 5.25. The molecule has 33 heavy (non-hydrogen) atoms. The van der Waals surface area contributed by atoms with Crippen molar-refractivity contribution >= 4 is 32.6 Å². The molecule has 4 aromatic rings. The molecule has 0 radical (unpaired) electrons. The summed E-state index contributed by atoms with van der Waals surface area (Å²) in [6.07, 6.45) is 0.326. The molecule has 0 fully saturated rings. The fourth-order valence-corrected chi connectivity index (χ4v) is 4.93. The highest BCUT2D eigenvalue weighted by Crippen LogP contribution is 2.34. The van der Waals surface area contributed by atoms with Gasteiger partial charge in [0.2, 0.25) is 5.91 Å². The molecule has 2 aromatic heterocycles. The van der Waals surface area contributed by atoms with Crippen LogP contribution in [0.4, 0.5) is 5.13 Å². The largest absolute Gasteiger partial charge is 0.492 e. The van der Waals surface area contributed by atoms with Gasteiger partial charge in [0.15, 0.2) is 5.13 Å². The monoisotopic (exact) mass is 462 g/mol. The second kappa shape index (κ2) is 9.75.